The molecular formula is C19H29N5O3. The summed E-state index contributed by atoms with van der Waals surface area (Å²) in [6.45, 7) is 12.0. The fourth-order valence-corrected chi connectivity index (χ4v) is 2.22. The number of fused-ring (bicyclic) bond motifs is 1. The highest BCUT2D eigenvalue weighted by Gasteiger charge is 2.27. The van der Waals surface area contributed by atoms with E-state index in [0.717, 1.165) is 0 Å². The molecule has 2 aromatic heterocycles. The quantitative estimate of drug-likeness (QED) is 0.710. The van der Waals surface area contributed by atoms with E-state index < -0.39 is 5.54 Å². The Morgan fingerprint density at radius 1 is 1.26 bits per heavy atom. The molecule has 0 saturated carbocycles. The lowest BCUT2D eigenvalue weighted by molar-refractivity contribution is 0.0910. The first-order valence-electron chi connectivity index (χ1n) is 9.17. The number of carbonyl (C=O) groups is 1. The molecule has 1 aromatic carbocycles. The van der Waals surface area contributed by atoms with Crippen LogP contribution in [0.3, 0.4) is 0 Å². The summed E-state index contributed by atoms with van der Waals surface area (Å²) in [5, 5.41) is 19.8. The molecule has 0 unspecified atom stereocenters. The number of benzene rings is 1. The van der Waals surface area contributed by atoms with Crippen LogP contribution in [-0.2, 0) is 12.1 Å². The van der Waals surface area contributed by atoms with E-state index in [9.17, 15) is 4.79 Å². The van der Waals surface area contributed by atoms with Gasteiger partial charge in [-0.1, -0.05) is 32.9 Å². The zero-order chi connectivity index (χ0) is 20.4. The molecule has 0 saturated heterocycles. The van der Waals surface area contributed by atoms with Crippen molar-refractivity contribution in [3.8, 4) is 0 Å². The normalized spacial score (nSPS) is 10.5. The summed E-state index contributed by atoms with van der Waals surface area (Å²) in [6.07, 6.45) is 3.05. The highest BCUT2D eigenvalue weighted by molar-refractivity contribution is 5.97. The second-order valence-electron chi connectivity index (χ2n) is 5.70. The molecule has 0 spiro atoms. The van der Waals surface area contributed by atoms with Crippen LogP contribution in [0.1, 0.15) is 57.6 Å². The van der Waals surface area contributed by atoms with Gasteiger partial charge in [0.2, 0.25) is 0 Å². The highest BCUT2D eigenvalue weighted by atomic mass is 16.3. The molecule has 0 atom stereocenters. The lowest BCUT2D eigenvalue weighted by atomic mass is 10.0. The number of aliphatic hydroxyl groups is 1. The molecule has 0 aliphatic rings. The van der Waals surface area contributed by atoms with Crippen LogP contribution >= 0.6 is 0 Å². The van der Waals surface area contributed by atoms with Crippen molar-refractivity contribution in [2.75, 3.05) is 6.61 Å². The van der Waals surface area contributed by atoms with E-state index in [1.54, 1.807) is 24.4 Å². The number of amides is 1. The van der Waals surface area contributed by atoms with E-state index in [-0.39, 0.29) is 12.5 Å². The van der Waals surface area contributed by atoms with E-state index in [2.05, 4.69) is 20.6 Å². The summed E-state index contributed by atoms with van der Waals surface area (Å²) >= 11 is 0. The minimum absolute atomic E-state index is 0.0205. The van der Waals surface area contributed by atoms with Crippen molar-refractivity contribution >= 4 is 17.0 Å². The fourth-order valence-electron chi connectivity index (χ4n) is 2.22. The number of carbonyl (C=O) groups excluding carboxylic acids is 1. The maximum absolute atomic E-state index is 12.5. The number of nitrogens with one attached hydrogen (secondary N) is 1. The predicted octanol–water partition coefficient (Wildman–Crippen LogP) is 3.13. The van der Waals surface area contributed by atoms with Gasteiger partial charge in [-0.15, -0.1) is 5.10 Å². The molecule has 0 fully saturated rings. The second kappa shape index (κ2) is 10.4. The van der Waals surface area contributed by atoms with Gasteiger partial charge < -0.3 is 14.8 Å². The van der Waals surface area contributed by atoms with Crippen LogP contribution in [0.5, 0.6) is 0 Å². The fraction of sp³-hybridized carbons (Fsp3) is 0.474. The van der Waals surface area contributed by atoms with Gasteiger partial charge in [-0.05, 0) is 32.0 Å². The van der Waals surface area contributed by atoms with Gasteiger partial charge in [-0.2, -0.15) is 0 Å². The van der Waals surface area contributed by atoms with Crippen LogP contribution in [0, 0.1) is 0 Å². The van der Waals surface area contributed by atoms with Crippen LogP contribution in [0.15, 0.2) is 35.2 Å². The van der Waals surface area contributed by atoms with Crippen molar-refractivity contribution in [2.45, 2.75) is 53.6 Å². The van der Waals surface area contributed by atoms with Gasteiger partial charge in [-0.3, -0.25) is 4.79 Å². The Bertz CT molecular complexity index is 839. The molecule has 8 nitrogen and oxygen atoms in total. The van der Waals surface area contributed by atoms with Crippen LogP contribution in [0.25, 0.3) is 11.1 Å². The van der Waals surface area contributed by atoms with E-state index in [1.165, 1.54) is 11.1 Å². The Morgan fingerprint density at radius 3 is 2.63 bits per heavy atom. The molecule has 0 bridgehead atoms. The molecule has 1 amide bonds. The maximum Gasteiger partial charge on any atom is 0.252 e. The molecule has 3 rings (SSSR count). The topological polar surface area (TPSA) is 106 Å². The molecule has 8 heteroatoms. The van der Waals surface area contributed by atoms with Crippen molar-refractivity contribution in [3.05, 3.63) is 42.0 Å². The van der Waals surface area contributed by atoms with Crippen LogP contribution in [0.2, 0.25) is 0 Å². The van der Waals surface area contributed by atoms with Gasteiger partial charge in [0.15, 0.2) is 12.0 Å². The first-order chi connectivity index (χ1) is 13.0. The number of hydrogen-bond donors (Lipinski definition) is 2. The minimum atomic E-state index is -0.705. The zero-order valence-electron chi connectivity index (χ0n) is 16.9. The Labute approximate surface area is 159 Å². The van der Waals surface area contributed by atoms with E-state index in [4.69, 9.17) is 9.52 Å². The number of nitrogens with zero attached hydrogens (tertiary/aromatic N) is 4. The van der Waals surface area contributed by atoms with E-state index in [0.29, 0.717) is 28.9 Å². The molecule has 0 aliphatic carbocycles. The predicted molar refractivity (Wildman–Crippen MR) is 104 cm³/mol. The average Bonchev–Trinajstić information content (AvgIpc) is 3.34. The Morgan fingerprint density at radius 2 is 1.96 bits per heavy atom. The Kier molecular flexibility index (Phi) is 8.61. The van der Waals surface area contributed by atoms with Crippen LogP contribution in [-0.4, -0.2) is 37.6 Å². The smallest absolute Gasteiger partial charge is 0.252 e. The monoisotopic (exact) mass is 375 g/mol. The number of aliphatic hydroxyl groups excluding tert-OH is 1. The number of hydrogen-bond acceptors (Lipinski definition) is 6. The summed E-state index contributed by atoms with van der Waals surface area (Å²) in [6, 6.07) is 5.07. The van der Waals surface area contributed by atoms with Crippen molar-refractivity contribution in [3.63, 3.8) is 0 Å². The van der Waals surface area contributed by atoms with Crippen molar-refractivity contribution < 1.29 is 14.3 Å². The lowest BCUT2D eigenvalue weighted by Gasteiger charge is -2.23. The molecule has 27 heavy (non-hydrogen) atoms. The van der Waals surface area contributed by atoms with Crippen molar-refractivity contribution in [2.24, 2.45) is 0 Å². The number of rotatable bonds is 5. The van der Waals surface area contributed by atoms with Crippen molar-refractivity contribution in [1.82, 2.24) is 25.3 Å². The van der Waals surface area contributed by atoms with Gasteiger partial charge in [-0.25, -0.2) is 9.67 Å². The SMILES string of the molecule is CC.CC.CC(C)(NC(=O)c1ccc2ocnc2c1)c1cn(CCO)nn1. The third-order valence-corrected chi connectivity index (χ3v) is 3.53. The van der Waals surface area contributed by atoms with Crippen LogP contribution < -0.4 is 5.32 Å². The van der Waals surface area contributed by atoms with Gasteiger partial charge in [0.1, 0.15) is 11.2 Å². The van der Waals surface area contributed by atoms with Gasteiger partial charge in [0.25, 0.3) is 5.91 Å². The standard InChI is InChI=1S/C15H17N5O3.2C2H6/c1-15(2,13-8-20(5-6-21)19-18-13)17-14(22)10-3-4-12-11(7-10)16-9-23-12;2*1-2/h3-4,7-9,21H,5-6H2,1-2H3,(H,17,22);2*1-2H3. The first kappa shape index (κ1) is 22.3. The first-order valence-corrected chi connectivity index (χ1v) is 9.17. The third-order valence-electron chi connectivity index (χ3n) is 3.53. The summed E-state index contributed by atoms with van der Waals surface area (Å²) in [7, 11) is 0. The van der Waals surface area contributed by atoms with Crippen molar-refractivity contribution in [1.29, 1.82) is 0 Å². The number of aromatic nitrogens is 4. The lowest BCUT2D eigenvalue weighted by Crippen LogP contribution is -2.41. The van der Waals surface area contributed by atoms with Gasteiger partial charge in [0.05, 0.1) is 24.9 Å². The molecule has 148 valence electrons. The summed E-state index contributed by atoms with van der Waals surface area (Å²) in [4.78, 5) is 16.5. The molecular weight excluding hydrogens is 346 g/mol. The molecule has 2 N–H and O–H groups in total. The summed E-state index contributed by atoms with van der Waals surface area (Å²) in [5.74, 6) is -0.239. The molecule has 2 heterocycles. The zero-order valence-corrected chi connectivity index (χ0v) is 16.9. The molecule has 0 aliphatic heterocycles. The Balaban J connectivity index is 0.000000855. The molecule has 3 aromatic rings. The largest absolute Gasteiger partial charge is 0.443 e. The minimum Gasteiger partial charge on any atom is -0.443 e. The average molecular weight is 375 g/mol. The van der Waals surface area contributed by atoms with Crippen LogP contribution in [0.4, 0.5) is 0 Å². The van der Waals surface area contributed by atoms with Gasteiger partial charge in [0, 0.05) is 5.56 Å². The Hall–Kier alpha value is -2.74. The van der Waals surface area contributed by atoms with E-state index in [1.807, 2.05) is 41.5 Å². The van der Waals surface area contributed by atoms with E-state index >= 15 is 0 Å². The maximum atomic E-state index is 12.5. The van der Waals surface area contributed by atoms with Gasteiger partial charge >= 0.3 is 0 Å². The highest BCUT2D eigenvalue weighted by Crippen LogP contribution is 2.19. The second-order valence-corrected chi connectivity index (χ2v) is 5.70. The summed E-state index contributed by atoms with van der Waals surface area (Å²) < 4.78 is 6.70. The summed E-state index contributed by atoms with van der Waals surface area (Å²) in [5.41, 5.74) is 1.66. The number of oxazole rings is 1. The molecule has 0 radical (unpaired) electrons. The third kappa shape index (κ3) is 5.62.